The Bertz CT molecular complexity index is 867. The largest absolute Gasteiger partial charge is 0.491 e. The molecular weight excluding hydrogens is 346 g/mol. The molecule has 0 bridgehead atoms. The van der Waals surface area contributed by atoms with E-state index in [1.165, 1.54) is 0 Å². The number of urea groups is 1. The summed E-state index contributed by atoms with van der Waals surface area (Å²) in [6, 6.07) is 16.5. The van der Waals surface area contributed by atoms with Gasteiger partial charge < -0.3 is 20.1 Å². The van der Waals surface area contributed by atoms with E-state index in [1.807, 2.05) is 47.0 Å². The Labute approximate surface area is 157 Å². The van der Waals surface area contributed by atoms with Crippen LogP contribution in [-0.4, -0.2) is 41.1 Å². The van der Waals surface area contributed by atoms with Gasteiger partial charge in [0.25, 0.3) is 0 Å². The van der Waals surface area contributed by atoms with E-state index in [-0.39, 0.29) is 12.6 Å². The number of anilines is 1. The first-order chi connectivity index (χ1) is 13.3. The minimum absolute atomic E-state index is 0.241. The zero-order valence-corrected chi connectivity index (χ0v) is 15.0. The third-order valence-corrected chi connectivity index (χ3v) is 3.71. The van der Waals surface area contributed by atoms with Crippen molar-refractivity contribution in [3.8, 4) is 11.4 Å². The van der Waals surface area contributed by atoms with Crippen molar-refractivity contribution in [2.75, 3.05) is 25.6 Å². The fraction of sp³-hybridized carbons (Fsp3) is 0.211. The number of carbonyl (C=O) groups is 1. The summed E-state index contributed by atoms with van der Waals surface area (Å²) in [7, 11) is 1.62. The van der Waals surface area contributed by atoms with Crippen LogP contribution in [0, 0.1) is 0 Å². The molecule has 8 heteroatoms. The number of amides is 2. The first-order valence-corrected chi connectivity index (χ1v) is 8.47. The summed E-state index contributed by atoms with van der Waals surface area (Å²) in [5, 5.41) is 13.5. The summed E-state index contributed by atoms with van der Waals surface area (Å²) >= 11 is 0. The summed E-state index contributed by atoms with van der Waals surface area (Å²) in [6.07, 6.45) is 1.62. The van der Waals surface area contributed by atoms with Gasteiger partial charge in [0.1, 0.15) is 18.7 Å². The molecule has 0 spiro atoms. The first-order valence-electron chi connectivity index (χ1n) is 8.47. The quantitative estimate of drug-likeness (QED) is 0.597. The van der Waals surface area contributed by atoms with E-state index in [1.54, 1.807) is 25.6 Å². The van der Waals surface area contributed by atoms with Crippen LogP contribution >= 0.6 is 0 Å². The van der Waals surface area contributed by atoms with Gasteiger partial charge in [-0.2, -0.15) is 0 Å². The standard InChI is InChI=1S/C19H21N5O3/c1-26-10-11-27-17-9-5-6-15(12-17)22-19(25)20-13-18-23-21-14-24(18)16-7-3-2-4-8-16/h2-9,12,14H,10-11,13H2,1H3,(H2,20,22,25). The molecule has 27 heavy (non-hydrogen) atoms. The van der Waals surface area contributed by atoms with E-state index in [0.29, 0.717) is 30.5 Å². The molecule has 3 rings (SSSR count). The van der Waals surface area contributed by atoms with E-state index in [4.69, 9.17) is 9.47 Å². The number of benzene rings is 2. The molecule has 2 amide bonds. The van der Waals surface area contributed by atoms with Gasteiger partial charge in [0.15, 0.2) is 5.82 Å². The maximum absolute atomic E-state index is 12.2. The lowest BCUT2D eigenvalue weighted by molar-refractivity contribution is 0.146. The number of methoxy groups -OCH3 is 1. The molecule has 0 fully saturated rings. The van der Waals surface area contributed by atoms with Crippen molar-refractivity contribution in [2.45, 2.75) is 6.54 Å². The van der Waals surface area contributed by atoms with Crippen LogP contribution in [0.2, 0.25) is 0 Å². The van der Waals surface area contributed by atoms with Gasteiger partial charge >= 0.3 is 6.03 Å². The molecule has 1 heterocycles. The van der Waals surface area contributed by atoms with Crippen LogP contribution in [0.25, 0.3) is 5.69 Å². The van der Waals surface area contributed by atoms with Gasteiger partial charge in [0, 0.05) is 24.6 Å². The van der Waals surface area contributed by atoms with Crippen molar-refractivity contribution in [1.82, 2.24) is 20.1 Å². The smallest absolute Gasteiger partial charge is 0.319 e. The zero-order valence-electron chi connectivity index (χ0n) is 15.0. The molecule has 0 saturated carbocycles. The number of hydrogen-bond donors (Lipinski definition) is 2. The molecule has 2 aromatic carbocycles. The van der Waals surface area contributed by atoms with Crippen LogP contribution in [0.5, 0.6) is 5.75 Å². The van der Waals surface area contributed by atoms with Crippen molar-refractivity contribution in [3.63, 3.8) is 0 Å². The molecule has 0 aliphatic carbocycles. The van der Waals surface area contributed by atoms with Crippen molar-refractivity contribution in [3.05, 3.63) is 66.7 Å². The van der Waals surface area contributed by atoms with Gasteiger partial charge in [-0.3, -0.25) is 4.57 Å². The van der Waals surface area contributed by atoms with Gasteiger partial charge in [0.05, 0.1) is 13.2 Å². The average molecular weight is 367 g/mol. The van der Waals surface area contributed by atoms with Crippen molar-refractivity contribution in [2.24, 2.45) is 0 Å². The fourth-order valence-electron chi connectivity index (χ4n) is 2.42. The molecule has 2 N–H and O–H groups in total. The Morgan fingerprint density at radius 2 is 1.96 bits per heavy atom. The number of hydrogen-bond acceptors (Lipinski definition) is 5. The molecule has 0 radical (unpaired) electrons. The number of para-hydroxylation sites is 1. The predicted octanol–water partition coefficient (Wildman–Crippen LogP) is 2.61. The summed E-state index contributed by atoms with van der Waals surface area (Å²) < 4.78 is 12.3. The third kappa shape index (κ3) is 5.29. The number of aromatic nitrogens is 3. The predicted molar refractivity (Wildman–Crippen MR) is 101 cm³/mol. The Hall–Kier alpha value is -3.39. The van der Waals surface area contributed by atoms with Gasteiger partial charge in [-0.15, -0.1) is 10.2 Å². The number of carbonyl (C=O) groups excluding carboxylic acids is 1. The Balaban J connectivity index is 1.55. The molecular formula is C19H21N5O3. The highest BCUT2D eigenvalue weighted by molar-refractivity contribution is 5.89. The lowest BCUT2D eigenvalue weighted by Crippen LogP contribution is -2.29. The van der Waals surface area contributed by atoms with E-state index in [0.717, 1.165) is 5.69 Å². The highest BCUT2D eigenvalue weighted by Crippen LogP contribution is 2.17. The molecule has 0 saturated heterocycles. The summed E-state index contributed by atoms with van der Waals surface area (Å²) in [5.74, 6) is 1.29. The van der Waals surface area contributed by atoms with Crippen LogP contribution < -0.4 is 15.4 Å². The van der Waals surface area contributed by atoms with Crippen LogP contribution in [0.15, 0.2) is 60.9 Å². The average Bonchev–Trinajstić information content (AvgIpc) is 3.16. The van der Waals surface area contributed by atoms with E-state index in [2.05, 4.69) is 20.8 Å². The SMILES string of the molecule is COCCOc1cccc(NC(=O)NCc2nncn2-c2ccccc2)c1. The molecule has 0 unspecified atom stereocenters. The van der Waals surface area contributed by atoms with Crippen LogP contribution in [0.3, 0.4) is 0 Å². The molecule has 8 nitrogen and oxygen atoms in total. The molecule has 140 valence electrons. The molecule has 0 aliphatic rings. The number of ether oxygens (including phenoxy) is 2. The second-order valence-electron chi connectivity index (χ2n) is 5.63. The second-order valence-corrected chi connectivity index (χ2v) is 5.63. The third-order valence-electron chi connectivity index (χ3n) is 3.71. The van der Waals surface area contributed by atoms with E-state index >= 15 is 0 Å². The molecule has 0 atom stereocenters. The van der Waals surface area contributed by atoms with Gasteiger partial charge in [0.2, 0.25) is 0 Å². The summed E-state index contributed by atoms with van der Waals surface area (Å²) in [4.78, 5) is 12.2. The first kappa shape index (κ1) is 18.4. The van der Waals surface area contributed by atoms with Crippen LogP contribution in [0.1, 0.15) is 5.82 Å². The van der Waals surface area contributed by atoms with Gasteiger partial charge in [-0.1, -0.05) is 24.3 Å². The lowest BCUT2D eigenvalue weighted by atomic mass is 10.3. The van der Waals surface area contributed by atoms with Crippen LogP contribution in [0.4, 0.5) is 10.5 Å². The maximum atomic E-state index is 12.2. The lowest BCUT2D eigenvalue weighted by Gasteiger charge is -2.10. The number of nitrogens with zero attached hydrogens (tertiary/aromatic N) is 3. The van der Waals surface area contributed by atoms with Crippen molar-refractivity contribution in [1.29, 1.82) is 0 Å². The highest BCUT2D eigenvalue weighted by Gasteiger charge is 2.08. The second kappa shape index (κ2) is 9.35. The molecule has 3 aromatic rings. The Kier molecular flexibility index (Phi) is 6.37. The topological polar surface area (TPSA) is 90.3 Å². The minimum atomic E-state index is -0.341. The van der Waals surface area contributed by atoms with Gasteiger partial charge in [-0.05, 0) is 24.3 Å². The number of rotatable bonds is 8. The zero-order chi connectivity index (χ0) is 18.9. The Morgan fingerprint density at radius 3 is 2.78 bits per heavy atom. The van der Waals surface area contributed by atoms with E-state index < -0.39 is 0 Å². The Morgan fingerprint density at radius 1 is 1.11 bits per heavy atom. The number of nitrogens with one attached hydrogen (secondary N) is 2. The van der Waals surface area contributed by atoms with Crippen molar-refractivity contribution < 1.29 is 14.3 Å². The van der Waals surface area contributed by atoms with Crippen LogP contribution in [-0.2, 0) is 11.3 Å². The minimum Gasteiger partial charge on any atom is -0.491 e. The monoisotopic (exact) mass is 367 g/mol. The summed E-state index contributed by atoms with van der Waals surface area (Å²) in [6.45, 7) is 1.19. The van der Waals surface area contributed by atoms with Crippen molar-refractivity contribution >= 4 is 11.7 Å². The normalized spacial score (nSPS) is 10.4. The fourth-order valence-corrected chi connectivity index (χ4v) is 2.42. The summed E-state index contributed by atoms with van der Waals surface area (Å²) in [5.41, 5.74) is 1.56. The maximum Gasteiger partial charge on any atom is 0.319 e. The highest BCUT2D eigenvalue weighted by atomic mass is 16.5. The van der Waals surface area contributed by atoms with Gasteiger partial charge in [-0.25, -0.2) is 4.79 Å². The molecule has 0 aliphatic heterocycles. The van der Waals surface area contributed by atoms with E-state index in [9.17, 15) is 4.79 Å². The molecule has 1 aromatic heterocycles.